The van der Waals surface area contributed by atoms with E-state index in [0.29, 0.717) is 0 Å². The molecule has 0 aromatic heterocycles. The van der Waals surface area contributed by atoms with E-state index >= 15 is 0 Å². The lowest BCUT2D eigenvalue weighted by Crippen LogP contribution is -2.25. The lowest BCUT2D eigenvalue weighted by molar-refractivity contribution is 0.215. The average molecular weight is 196 g/mol. The van der Waals surface area contributed by atoms with Crippen molar-refractivity contribution in [3.63, 3.8) is 0 Å². The van der Waals surface area contributed by atoms with Gasteiger partial charge in [0.15, 0.2) is 0 Å². The Balaban J connectivity index is 1.85. The molecule has 2 aliphatic carbocycles. The third kappa shape index (κ3) is 1.35. The molecule has 1 heterocycles. The average Bonchev–Trinajstić information content (AvgIpc) is 2.66. The van der Waals surface area contributed by atoms with E-state index in [-0.39, 0.29) is 0 Å². The van der Waals surface area contributed by atoms with Crippen molar-refractivity contribution in [2.24, 2.45) is 17.3 Å². The second-order valence-electron chi connectivity index (χ2n) is 5.42. The summed E-state index contributed by atoms with van der Waals surface area (Å²) in [5.74, 6) is 5.18. The molecular formula is C12H20S. The number of hydrogen-bond acceptors (Lipinski definition) is 1. The largest absolute Gasteiger partial charge is 0.162 e. The molecule has 2 bridgehead atoms. The van der Waals surface area contributed by atoms with Crippen molar-refractivity contribution in [1.82, 2.24) is 0 Å². The predicted octanol–water partition coefficient (Wildman–Crippen LogP) is 3.71. The van der Waals surface area contributed by atoms with Gasteiger partial charge < -0.3 is 0 Å². The summed E-state index contributed by atoms with van der Waals surface area (Å²) in [6, 6.07) is 0. The summed E-state index contributed by atoms with van der Waals surface area (Å²) < 4.78 is 0. The van der Waals surface area contributed by atoms with Gasteiger partial charge in [0.25, 0.3) is 0 Å². The molecular weight excluding hydrogens is 176 g/mol. The Kier molecular flexibility index (Phi) is 2.12. The highest BCUT2D eigenvalue weighted by atomic mass is 32.2. The van der Waals surface area contributed by atoms with Crippen LogP contribution in [0.1, 0.15) is 44.9 Å². The first kappa shape index (κ1) is 8.64. The lowest BCUT2D eigenvalue weighted by atomic mass is 9.76. The predicted molar refractivity (Wildman–Crippen MR) is 59.1 cm³/mol. The van der Waals surface area contributed by atoms with Gasteiger partial charge in [0, 0.05) is 0 Å². The molecule has 1 saturated heterocycles. The van der Waals surface area contributed by atoms with E-state index in [4.69, 9.17) is 0 Å². The molecule has 3 fully saturated rings. The molecule has 0 aromatic carbocycles. The van der Waals surface area contributed by atoms with Gasteiger partial charge in [-0.15, -0.1) is 0 Å². The van der Waals surface area contributed by atoms with E-state index in [2.05, 4.69) is 11.8 Å². The fraction of sp³-hybridized carbons (Fsp3) is 1.00. The Morgan fingerprint density at radius 3 is 3.08 bits per heavy atom. The SMILES string of the molecule is C1CC2CSCCC3CCC2(C1)C3. The molecule has 1 aliphatic heterocycles. The maximum Gasteiger partial charge on any atom is -0.00338 e. The van der Waals surface area contributed by atoms with Crippen LogP contribution >= 0.6 is 11.8 Å². The smallest absolute Gasteiger partial charge is 0.00338 e. The fourth-order valence-electron chi connectivity index (χ4n) is 4.06. The lowest BCUT2D eigenvalue weighted by Gasteiger charge is -2.33. The molecule has 1 spiro atoms. The van der Waals surface area contributed by atoms with E-state index in [1.165, 1.54) is 24.3 Å². The van der Waals surface area contributed by atoms with Gasteiger partial charge in [-0.05, 0) is 67.3 Å². The van der Waals surface area contributed by atoms with Crippen LogP contribution in [-0.2, 0) is 0 Å². The number of thioether (sulfide) groups is 1. The van der Waals surface area contributed by atoms with Gasteiger partial charge in [-0.25, -0.2) is 0 Å². The summed E-state index contributed by atoms with van der Waals surface area (Å²) in [5.41, 5.74) is 0.859. The van der Waals surface area contributed by atoms with E-state index in [9.17, 15) is 0 Å². The first-order chi connectivity index (χ1) is 6.39. The number of fused-ring (bicyclic) bond motifs is 1. The quantitative estimate of drug-likeness (QED) is 0.569. The molecule has 1 heteroatoms. The van der Waals surface area contributed by atoms with Crippen LogP contribution in [0.5, 0.6) is 0 Å². The third-order valence-electron chi connectivity index (χ3n) is 4.83. The standard InChI is InChI=1S/C12H20S/c1-2-11-9-13-7-4-10-3-6-12(11,5-1)8-10/h10-11H,1-9H2. The van der Waals surface area contributed by atoms with Crippen molar-refractivity contribution in [3.8, 4) is 0 Å². The minimum Gasteiger partial charge on any atom is -0.162 e. The van der Waals surface area contributed by atoms with Gasteiger partial charge in [0.05, 0.1) is 0 Å². The van der Waals surface area contributed by atoms with Crippen LogP contribution in [0.25, 0.3) is 0 Å². The highest BCUT2D eigenvalue weighted by molar-refractivity contribution is 7.99. The van der Waals surface area contributed by atoms with Crippen LogP contribution in [0, 0.1) is 17.3 Å². The molecule has 0 N–H and O–H groups in total. The summed E-state index contributed by atoms with van der Waals surface area (Å²) in [4.78, 5) is 0. The Labute approximate surface area is 85.9 Å². The zero-order chi connectivity index (χ0) is 8.73. The Hall–Kier alpha value is 0.350. The van der Waals surface area contributed by atoms with E-state index < -0.39 is 0 Å². The normalized spacial score (nSPS) is 49.8. The number of hydrogen-bond donors (Lipinski definition) is 0. The molecule has 3 aliphatic rings. The minimum absolute atomic E-state index is 0.859. The Bertz CT molecular complexity index is 201. The van der Waals surface area contributed by atoms with Crippen molar-refractivity contribution in [2.45, 2.75) is 44.9 Å². The summed E-state index contributed by atoms with van der Waals surface area (Å²) in [6.07, 6.45) is 11.0. The van der Waals surface area contributed by atoms with Crippen LogP contribution in [0.4, 0.5) is 0 Å². The molecule has 0 radical (unpaired) electrons. The van der Waals surface area contributed by atoms with Gasteiger partial charge >= 0.3 is 0 Å². The summed E-state index contributed by atoms with van der Waals surface area (Å²) >= 11 is 2.25. The fourth-order valence-corrected chi connectivity index (χ4v) is 5.53. The van der Waals surface area contributed by atoms with Crippen molar-refractivity contribution in [2.75, 3.05) is 11.5 Å². The zero-order valence-electron chi connectivity index (χ0n) is 8.43. The summed E-state index contributed by atoms with van der Waals surface area (Å²) in [7, 11) is 0. The van der Waals surface area contributed by atoms with Gasteiger partial charge in [-0.2, -0.15) is 11.8 Å². The molecule has 3 atom stereocenters. The van der Waals surface area contributed by atoms with Crippen LogP contribution < -0.4 is 0 Å². The van der Waals surface area contributed by atoms with Gasteiger partial charge in [-0.3, -0.25) is 0 Å². The van der Waals surface area contributed by atoms with E-state index in [1.54, 1.807) is 32.1 Å². The highest BCUT2D eigenvalue weighted by Gasteiger charge is 2.47. The van der Waals surface area contributed by atoms with Crippen LogP contribution in [0.15, 0.2) is 0 Å². The summed E-state index contributed by atoms with van der Waals surface area (Å²) in [6.45, 7) is 0. The molecule has 74 valence electrons. The maximum atomic E-state index is 2.25. The monoisotopic (exact) mass is 196 g/mol. The molecule has 0 amide bonds. The maximum absolute atomic E-state index is 2.25. The first-order valence-electron chi connectivity index (χ1n) is 5.97. The van der Waals surface area contributed by atoms with Crippen LogP contribution in [-0.4, -0.2) is 11.5 Å². The van der Waals surface area contributed by atoms with E-state index in [0.717, 1.165) is 17.3 Å². The molecule has 2 saturated carbocycles. The molecule has 3 unspecified atom stereocenters. The molecule has 3 rings (SSSR count). The van der Waals surface area contributed by atoms with Gasteiger partial charge in [-0.1, -0.05) is 6.42 Å². The van der Waals surface area contributed by atoms with Crippen molar-refractivity contribution >= 4 is 11.8 Å². The van der Waals surface area contributed by atoms with Crippen LogP contribution in [0.3, 0.4) is 0 Å². The van der Waals surface area contributed by atoms with Crippen molar-refractivity contribution in [1.29, 1.82) is 0 Å². The highest BCUT2D eigenvalue weighted by Crippen LogP contribution is 2.58. The molecule has 13 heavy (non-hydrogen) atoms. The summed E-state index contributed by atoms with van der Waals surface area (Å²) in [5, 5.41) is 0. The van der Waals surface area contributed by atoms with E-state index in [1.807, 2.05) is 0 Å². The second-order valence-corrected chi connectivity index (χ2v) is 6.57. The molecule has 0 aromatic rings. The minimum atomic E-state index is 0.859. The van der Waals surface area contributed by atoms with Crippen molar-refractivity contribution < 1.29 is 0 Å². The first-order valence-corrected chi connectivity index (χ1v) is 7.12. The number of rotatable bonds is 0. The Morgan fingerprint density at radius 1 is 1.08 bits per heavy atom. The van der Waals surface area contributed by atoms with Crippen LogP contribution in [0.2, 0.25) is 0 Å². The third-order valence-corrected chi connectivity index (χ3v) is 5.99. The van der Waals surface area contributed by atoms with Gasteiger partial charge in [0.2, 0.25) is 0 Å². The zero-order valence-corrected chi connectivity index (χ0v) is 9.24. The topological polar surface area (TPSA) is 0 Å². The van der Waals surface area contributed by atoms with Crippen molar-refractivity contribution in [3.05, 3.63) is 0 Å². The van der Waals surface area contributed by atoms with Gasteiger partial charge in [0.1, 0.15) is 0 Å². The Morgan fingerprint density at radius 2 is 2.08 bits per heavy atom. The second kappa shape index (κ2) is 3.18. The molecule has 0 nitrogen and oxygen atoms in total.